The third-order valence-electron chi connectivity index (χ3n) is 6.24. The number of ether oxygens (including phenoxy) is 3. The Bertz CT molecular complexity index is 1450. The minimum absolute atomic E-state index is 0.101. The number of anilines is 1. The molecule has 2 N–H and O–H groups in total. The van der Waals surface area contributed by atoms with Gasteiger partial charge in [-0.2, -0.15) is 0 Å². The van der Waals surface area contributed by atoms with Gasteiger partial charge in [-0.05, 0) is 61.4 Å². The van der Waals surface area contributed by atoms with E-state index < -0.39 is 0 Å². The molecule has 0 bridgehead atoms. The van der Waals surface area contributed by atoms with Crippen molar-refractivity contribution in [2.75, 3.05) is 26.6 Å². The van der Waals surface area contributed by atoms with Crippen LogP contribution in [0.1, 0.15) is 33.6 Å². The molecule has 188 valence electrons. The van der Waals surface area contributed by atoms with Gasteiger partial charge >= 0.3 is 0 Å². The summed E-state index contributed by atoms with van der Waals surface area (Å²) in [4.78, 5) is 30.5. The lowest BCUT2D eigenvalue weighted by molar-refractivity contribution is 0.0950. The average Bonchev–Trinajstić information content (AvgIpc) is 3.75. The number of hydrogen-bond donors (Lipinski definition) is 2. The second-order valence-electron chi connectivity index (χ2n) is 8.77. The summed E-state index contributed by atoms with van der Waals surface area (Å²) in [5.74, 6) is 1.06. The number of benzene rings is 3. The Balaban J connectivity index is 1.48. The van der Waals surface area contributed by atoms with Crippen LogP contribution in [0.25, 0.3) is 22.2 Å². The fourth-order valence-corrected chi connectivity index (χ4v) is 4.14. The van der Waals surface area contributed by atoms with E-state index in [4.69, 9.17) is 19.2 Å². The van der Waals surface area contributed by atoms with Crippen molar-refractivity contribution in [1.29, 1.82) is 0 Å². The second-order valence-corrected chi connectivity index (χ2v) is 8.77. The Kier molecular flexibility index (Phi) is 6.64. The molecule has 3 aromatic carbocycles. The van der Waals surface area contributed by atoms with E-state index in [1.807, 2.05) is 24.3 Å². The Morgan fingerprint density at radius 3 is 2.14 bits per heavy atom. The summed E-state index contributed by atoms with van der Waals surface area (Å²) in [6.07, 6.45) is 2.05. The van der Waals surface area contributed by atoms with Crippen molar-refractivity contribution in [1.82, 2.24) is 10.3 Å². The standard InChI is InChI=1S/C29H27N3O5/c1-35-25-14-18(15-26(36-2)27(25)37-3)24-16-22(21-6-4-5-7-23(21)32-24)29(34)31-19-10-8-17(9-11-19)28(33)30-20-12-13-20/h4-11,14-16,20H,12-13H2,1-3H3,(H,30,33)(H,31,34). The number of hydrogen-bond acceptors (Lipinski definition) is 6. The maximum absolute atomic E-state index is 13.4. The van der Waals surface area contributed by atoms with Crippen molar-refractivity contribution in [2.24, 2.45) is 0 Å². The molecule has 0 radical (unpaired) electrons. The van der Waals surface area contributed by atoms with E-state index in [-0.39, 0.29) is 17.9 Å². The molecule has 1 fully saturated rings. The number of nitrogens with one attached hydrogen (secondary N) is 2. The number of fused-ring (bicyclic) bond motifs is 1. The predicted molar refractivity (Wildman–Crippen MR) is 142 cm³/mol. The summed E-state index contributed by atoms with van der Waals surface area (Å²) in [6.45, 7) is 0. The first-order valence-electron chi connectivity index (χ1n) is 11.9. The molecule has 2 amide bonds. The van der Waals surface area contributed by atoms with E-state index in [9.17, 15) is 9.59 Å². The Morgan fingerprint density at radius 1 is 0.838 bits per heavy atom. The van der Waals surface area contributed by atoms with Crippen LogP contribution in [0.3, 0.4) is 0 Å². The normalized spacial score (nSPS) is 12.6. The number of methoxy groups -OCH3 is 3. The van der Waals surface area contributed by atoms with Crippen molar-refractivity contribution in [3.05, 3.63) is 77.9 Å². The zero-order valence-corrected chi connectivity index (χ0v) is 20.8. The largest absolute Gasteiger partial charge is 0.493 e. The Labute approximate surface area is 214 Å². The molecule has 0 aliphatic heterocycles. The maximum Gasteiger partial charge on any atom is 0.256 e. The van der Waals surface area contributed by atoms with Gasteiger partial charge in [-0.1, -0.05) is 18.2 Å². The van der Waals surface area contributed by atoms with Gasteiger partial charge in [0.25, 0.3) is 11.8 Å². The molecule has 1 aliphatic rings. The van der Waals surface area contributed by atoms with E-state index in [2.05, 4.69) is 10.6 Å². The van der Waals surface area contributed by atoms with Crippen LogP contribution in [-0.4, -0.2) is 44.2 Å². The summed E-state index contributed by atoms with van der Waals surface area (Å²) >= 11 is 0. The minimum Gasteiger partial charge on any atom is -0.493 e. The SMILES string of the molecule is COc1cc(-c2cc(C(=O)Nc3ccc(C(=O)NC4CC4)cc3)c3ccccc3n2)cc(OC)c1OC. The van der Waals surface area contributed by atoms with Crippen LogP contribution in [-0.2, 0) is 0 Å². The summed E-state index contributed by atoms with van der Waals surface area (Å²) in [5, 5.41) is 6.63. The lowest BCUT2D eigenvalue weighted by atomic mass is 10.0. The molecular weight excluding hydrogens is 470 g/mol. The van der Waals surface area contributed by atoms with Crippen molar-refractivity contribution < 1.29 is 23.8 Å². The monoisotopic (exact) mass is 497 g/mol. The second kappa shape index (κ2) is 10.2. The highest BCUT2D eigenvalue weighted by atomic mass is 16.5. The highest BCUT2D eigenvalue weighted by molar-refractivity contribution is 6.13. The van der Waals surface area contributed by atoms with E-state index in [0.717, 1.165) is 18.2 Å². The first kappa shape index (κ1) is 24.1. The van der Waals surface area contributed by atoms with Crippen LogP contribution < -0.4 is 24.8 Å². The lowest BCUT2D eigenvalue weighted by Gasteiger charge is -2.15. The quantitative estimate of drug-likeness (QED) is 0.353. The van der Waals surface area contributed by atoms with Crippen LogP contribution in [0.2, 0.25) is 0 Å². The van der Waals surface area contributed by atoms with Gasteiger partial charge < -0.3 is 24.8 Å². The van der Waals surface area contributed by atoms with Crippen LogP contribution in [0.15, 0.2) is 66.7 Å². The van der Waals surface area contributed by atoms with Gasteiger partial charge in [0.15, 0.2) is 11.5 Å². The molecule has 1 aliphatic carbocycles. The molecule has 0 unspecified atom stereocenters. The smallest absolute Gasteiger partial charge is 0.256 e. The molecule has 1 heterocycles. The molecule has 0 spiro atoms. The van der Waals surface area contributed by atoms with Crippen LogP contribution in [0.4, 0.5) is 5.69 Å². The zero-order valence-electron chi connectivity index (χ0n) is 20.8. The fraction of sp³-hybridized carbons (Fsp3) is 0.207. The molecule has 0 saturated heterocycles. The molecule has 8 heteroatoms. The van der Waals surface area contributed by atoms with Gasteiger partial charge in [0, 0.05) is 28.2 Å². The molecular formula is C29H27N3O5. The molecule has 37 heavy (non-hydrogen) atoms. The first-order chi connectivity index (χ1) is 18.0. The number of carbonyl (C=O) groups excluding carboxylic acids is 2. The number of pyridine rings is 1. The lowest BCUT2D eigenvalue weighted by Crippen LogP contribution is -2.25. The number of para-hydroxylation sites is 1. The van der Waals surface area contributed by atoms with Gasteiger partial charge in [0.1, 0.15) is 0 Å². The molecule has 1 aromatic heterocycles. The third kappa shape index (κ3) is 5.04. The summed E-state index contributed by atoms with van der Waals surface area (Å²) < 4.78 is 16.4. The van der Waals surface area contributed by atoms with Crippen LogP contribution in [0.5, 0.6) is 17.2 Å². The maximum atomic E-state index is 13.4. The first-order valence-corrected chi connectivity index (χ1v) is 11.9. The average molecular weight is 498 g/mol. The highest BCUT2D eigenvalue weighted by Gasteiger charge is 2.24. The zero-order chi connectivity index (χ0) is 25.9. The topological polar surface area (TPSA) is 98.8 Å². The van der Waals surface area contributed by atoms with Crippen molar-refractivity contribution in [3.63, 3.8) is 0 Å². The molecule has 5 rings (SSSR count). The van der Waals surface area contributed by atoms with E-state index >= 15 is 0 Å². The molecule has 0 atom stereocenters. The van der Waals surface area contributed by atoms with Gasteiger partial charge in [-0.15, -0.1) is 0 Å². The number of rotatable bonds is 8. The number of aromatic nitrogens is 1. The van der Waals surface area contributed by atoms with Crippen LogP contribution in [0, 0.1) is 0 Å². The Hall–Kier alpha value is -4.59. The number of nitrogens with zero attached hydrogens (tertiary/aromatic N) is 1. The van der Waals surface area contributed by atoms with Crippen molar-refractivity contribution in [3.8, 4) is 28.5 Å². The summed E-state index contributed by atoms with van der Waals surface area (Å²) in [6, 6.07) is 20.0. The molecule has 8 nitrogen and oxygen atoms in total. The highest BCUT2D eigenvalue weighted by Crippen LogP contribution is 2.41. The van der Waals surface area contributed by atoms with E-state index in [1.54, 1.807) is 63.8 Å². The van der Waals surface area contributed by atoms with Gasteiger partial charge in [-0.3, -0.25) is 9.59 Å². The molecule has 1 saturated carbocycles. The van der Waals surface area contributed by atoms with Gasteiger partial charge in [0.2, 0.25) is 5.75 Å². The molecule has 4 aromatic rings. The summed E-state index contributed by atoms with van der Waals surface area (Å²) in [7, 11) is 4.64. The Morgan fingerprint density at radius 2 is 1.51 bits per heavy atom. The van der Waals surface area contributed by atoms with Gasteiger partial charge in [0.05, 0.1) is 38.1 Å². The van der Waals surface area contributed by atoms with Crippen molar-refractivity contribution >= 4 is 28.4 Å². The predicted octanol–water partition coefficient (Wildman–Crippen LogP) is 5.07. The summed E-state index contributed by atoms with van der Waals surface area (Å²) in [5.41, 5.74) is 3.57. The number of amides is 2. The van der Waals surface area contributed by atoms with Crippen molar-refractivity contribution in [2.45, 2.75) is 18.9 Å². The number of carbonyl (C=O) groups is 2. The van der Waals surface area contributed by atoms with E-state index in [0.29, 0.717) is 50.8 Å². The van der Waals surface area contributed by atoms with Crippen LogP contribution >= 0.6 is 0 Å². The fourth-order valence-electron chi connectivity index (χ4n) is 4.14. The van der Waals surface area contributed by atoms with E-state index in [1.165, 1.54) is 0 Å². The van der Waals surface area contributed by atoms with Gasteiger partial charge in [-0.25, -0.2) is 4.98 Å². The minimum atomic E-state index is -0.289. The third-order valence-corrected chi connectivity index (χ3v) is 6.24.